The van der Waals surface area contributed by atoms with Gasteiger partial charge in [-0.05, 0) is 24.6 Å². The fourth-order valence-electron chi connectivity index (χ4n) is 1.26. The van der Waals surface area contributed by atoms with E-state index < -0.39 is 10.8 Å². The van der Waals surface area contributed by atoms with Gasteiger partial charge in [0.25, 0.3) is 0 Å². The predicted molar refractivity (Wildman–Crippen MR) is 72.5 cm³/mol. The third kappa shape index (κ3) is 4.02. The van der Waals surface area contributed by atoms with Crippen molar-refractivity contribution in [3.63, 3.8) is 0 Å². The van der Waals surface area contributed by atoms with E-state index >= 15 is 0 Å². The molecule has 5 heteroatoms. The van der Waals surface area contributed by atoms with E-state index in [0.717, 1.165) is 18.7 Å². The number of nitrogen functional groups attached to an aromatic ring is 1. The van der Waals surface area contributed by atoms with Crippen LogP contribution in [0.25, 0.3) is 0 Å². The van der Waals surface area contributed by atoms with Gasteiger partial charge in [-0.2, -0.15) is 0 Å². The van der Waals surface area contributed by atoms with Gasteiger partial charge in [-0.3, -0.25) is 4.21 Å². The van der Waals surface area contributed by atoms with Gasteiger partial charge in [0, 0.05) is 33.9 Å². The van der Waals surface area contributed by atoms with Crippen molar-refractivity contribution in [2.24, 2.45) is 0 Å². The van der Waals surface area contributed by atoms with Crippen LogP contribution in [-0.2, 0) is 10.8 Å². The van der Waals surface area contributed by atoms with Crippen LogP contribution in [-0.4, -0.2) is 22.3 Å². The van der Waals surface area contributed by atoms with Crippen LogP contribution in [0.4, 0.5) is 11.4 Å². The Bertz CT molecular complexity index is 384. The molecule has 0 heterocycles. The molecule has 3 nitrogen and oxygen atoms in total. The van der Waals surface area contributed by atoms with Crippen LogP contribution in [0.5, 0.6) is 0 Å². The van der Waals surface area contributed by atoms with E-state index in [4.69, 9.17) is 17.3 Å². The first kappa shape index (κ1) is 13.3. The minimum absolute atomic E-state index is 0.188. The molecule has 0 aliphatic carbocycles. The summed E-state index contributed by atoms with van der Waals surface area (Å²) in [4.78, 5) is 0. The van der Waals surface area contributed by atoms with Crippen LogP contribution in [0.2, 0.25) is 5.02 Å². The summed E-state index contributed by atoms with van der Waals surface area (Å²) in [6, 6.07) is 5.32. The summed E-state index contributed by atoms with van der Waals surface area (Å²) in [6.45, 7) is 2.71. The van der Waals surface area contributed by atoms with Crippen LogP contribution >= 0.6 is 11.6 Å². The number of anilines is 2. The van der Waals surface area contributed by atoms with Crippen molar-refractivity contribution < 1.29 is 4.21 Å². The maximum absolute atomic E-state index is 11.1. The molecule has 0 amide bonds. The van der Waals surface area contributed by atoms with Crippen molar-refractivity contribution in [2.75, 3.05) is 23.9 Å². The summed E-state index contributed by atoms with van der Waals surface area (Å²) in [5.41, 5.74) is 7.30. The molecule has 0 aliphatic rings. The molecule has 0 bridgehead atoms. The van der Waals surface area contributed by atoms with Crippen molar-refractivity contribution in [1.29, 1.82) is 0 Å². The van der Waals surface area contributed by atoms with Gasteiger partial charge >= 0.3 is 0 Å². The molecule has 1 aromatic rings. The summed E-state index contributed by atoms with van der Waals surface area (Å²) in [5, 5.41) is 4.04. The molecule has 0 aliphatic heterocycles. The van der Waals surface area contributed by atoms with Gasteiger partial charge in [-0.1, -0.05) is 18.5 Å². The van der Waals surface area contributed by atoms with Gasteiger partial charge in [0.1, 0.15) is 0 Å². The van der Waals surface area contributed by atoms with Gasteiger partial charge in [0.05, 0.1) is 11.4 Å². The van der Waals surface area contributed by atoms with Crippen molar-refractivity contribution in [1.82, 2.24) is 0 Å². The summed E-state index contributed by atoms with van der Waals surface area (Å²) in [5.74, 6) is 0. The molecular formula is C11H17ClN2OS. The van der Waals surface area contributed by atoms with Gasteiger partial charge in [-0.25, -0.2) is 0 Å². The SMILES string of the molecule is CC(CCNc1cc(Cl)ccc1N)S(C)=O. The molecule has 0 spiro atoms. The van der Waals surface area contributed by atoms with Crippen molar-refractivity contribution in [3.05, 3.63) is 23.2 Å². The maximum atomic E-state index is 11.1. The normalized spacial score (nSPS) is 14.4. The van der Waals surface area contributed by atoms with E-state index in [-0.39, 0.29) is 5.25 Å². The molecule has 3 N–H and O–H groups in total. The lowest BCUT2D eigenvalue weighted by molar-refractivity contribution is 0.672. The first-order valence-corrected chi connectivity index (χ1v) is 7.11. The topological polar surface area (TPSA) is 55.1 Å². The molecule has 90 valence electrons. The van der Waals surface area contributed by atoms with E-state index in [2.05, 4.69) is 5.32 Å². The van der Waals surface area contributed by atoms with Crippen molar-refractivity contribution in [3.8, 4) is 0 Å². The number of benzene rings is 1. The van der Waals surface area contributed by atoms with Gasteiger partial charge in [0.15, 0.2) is 0 Å². The van der Waals surface area contributed by atoms with Crippen LogP contribution in [0, 0.1) is 0 Å². The Kier molecular flexibility index (Phi) is 5.09. The Labute approximate surface area is 104 Å². The first-order valence-electron chi connectivity index (χ1n) is 5.12. The maximum Gasteiger partial charge on any atom is 0.0588 e. The Balaban J connectivity index is 2.48. The fourth-order valence-corrected chi connectivity index (χ4v) is 1.88. The molecule has 2 unspecified atom stereocenters. The van der Waals surface area contributed by atoms with E-state index in [9.17, 15) is 4.21 Å². The highest BCUT2D eigenvalue weighted by Crippen LogP contribution is 2.22. The Morgan fingerprint density at radius 3 is 2.88 bits per heavy atom. The van der Waals surface area contributed by atoms with Gasteiger partial charge in [0.2, 0.25) is 0 Å². The van der Waals surface area contributed by atoms with Gasteiger partial charge < -0.3 is 11.1 Å². The lowest BCUT2D eigenvalue weighted by Crippen LogP contribution is -2.15. The molecule has 0 fully saturated rings. The molecule has 2 atom stereocenters. The zero-order valence-electron chi connectivity index (χ0n) is 9.50. The molecule has 0 aromatic heterocycles. The zero-order valence-corrected chi connectivity index (χ0v) is 11.1. The van der Waals surface area contributed by atoms with Crippen molar-refractivity contribution in [2.45, 2.75) is 18.6 Å². The Morgan fingerprint density at radius 2 is 2.25 bits per heavy atom. The van der Waals surface area contributed by atoms with E-state index in [1.165, 1.54) is 0 Å². The van der Waals surface area contributed by atoms with E-state index in [0.29, 0.717) is 10.7 Å². The van der Waals surface area contributed by atoms with Crippen LogP contribution in [0.1, 0.15) is 13.3 Å². The van der Waals surface area contributed by atoms with Crippen LogP contribution < -0.4 is 11.1 Å². The van der Waals surface area contributed by atoms with Crippen molar-refractivity contribution >= 4 is 33.8 Å². The summed E-state index contributed by atoms with van der Waals surface area (Å²) in [7, 11) is -0.775. The zero-order chi connectivity index (χ0) is 12.1. The monoisotopic (exact) mass is 260 g/mol. The first-order chi connectivity index (χ1) is 7.50. The number of hydrogen-bond acceptors (Lipinski definition) is 3. The minimum Gasteiger partial charge on any atom is -0.397 e. The fraction of sp³-hybridized carbons (Fsp3) is 0.455. The van der Waals surface area contributed by atoms with E-state index in [1.54, 1.807) is 24.5 Å². The minimum atomic E-state index is -0.775. The molecule has 0 saturated heterocycles. The molecular weight excluding hydrogens is 244 g/mol. The second-order valence-electron chi connectivity index (χ2n) is 3.76. The third-order valence-corrected chi connectivity index (χ3v) is 4.05. The number of hydrogen-bond donors (Lipinski definition) is 2. The largest absolute Gasteiger partial charge is 0.397 e. The average molecular weight is 261 g/mol. The number of rotatable bonds is 5. The number of halogens is 1. The van der Waals surface area contributed by atoms with E-state index in [1.807, 2.05) is 6.92 Å². The number of nitrogens with two attached hydrogens (primary N) is 1. The molecule has 0 saturated carbocycles. The summed E-state index contributed by atoms with van der Waals surface area (Å²) in [6.07, 6.45) is 2.56. The van der Waals surface area contributed by atoms with Crippen LogP contribution in [0.15, 0.2) is 18.2 Å². The average Bonchev–Trinajstić information content (AvgIpc) is 2.22. The van der Waals surface area contributed by atoms with Gasteiger partial charge in [-0.15, -0.1) is 0 Å². The second-order valence-corrected chi connectivity index (χ2v) is 5.99. The standard InChI is InChI=1S/C11H17ClN2OS/c1-8(16(2)15)5-6-14-11-7-9(12)3-4-10(11)13/h3-4,7-8,14H,5-6,13H2,1-2H3. The quantitative estimate of drug-likeness (QED) is 0.800. The lowest BCUT2D eigenvalue weighted by atomic mass is 10.2. The highest BCUT2D eigenvalue weighted by molar-refractivity contribution is 7.84. The Hall–Kier alpha value is -0.740. The molecule has 1 aromatic carbocycles. The molecule has 1 rings (SSSR count). The number of nitrogens with one attached hydrogen (secondary N) is 1. The Morgan fingerprint density at radius 1 is 1.56 bits per heavy atom. The smallest absolute Gasteiger partial charge is 0.0588 e. The molecule has 0 radical (unpaired) electrons. The molecule has 16 heavy (non-hydrogen) atoms. The predicted octanol–water partition coefficient (Wildman–Crippen LogP) is 2.49. The highest BCUT2D eigenvalue weighted by atomic mass is 35.5. The summed E-state index contributed by atoms with van der Waals surface area (Å²) < 4.78 is 11.1. The third-order valence-electron chi connectivity index (χ3n) is 2.45. The highest BCUT2D eigenvalue weighted by Gasteiger charge is 2.06. The second kappa shape index (κ2) is 6.11. The van der Waals surface area contributed by atoms with Crippen LogP contribution in [0.3, 0.4) is 0 Å². The summed E-state index contributed by atoms with van der Waals surface area (Å²) >= 11 is 5.86. The lowest BCUT2D eigenvalue weighted by Gasteiger charge is -2.12.